The zero-order valence-electron chi connectivity index (χ0n) is 18.8. The molecule has 1 saturated heterocycles. The number of rotatable bonds is 6. The summed E-state index contributed by atoms with van der Waals surface area (Å²) in [5, 5.41) is 12.2. The lowest BCUT2D eigenvalue weighted by Crippen LogP contribution is -2.48. The Hall–Kier alpha value is -2.13. The molecule has 1 fully saturated rings. The number of amides is 2. The molecule has 1 aliphatic heterocycles. The van der Waals surface area contributed by atoms with Crippen LogP contribution in [0.25, 0.3) is 0 Å². The number of carbonyl (C=O) groups excluding carboxylic acids is 2. The predicted octanol–water partition coefficient (Wildman–Crippen LogP) is 3.41. The minimum atomic E-state index is -0.000547. The van der Waals surface area contributed by atoms with Crippen molar-refractivity contribution >= 4 is 40.0 Å². The lowest BCUT2D eigenvalue weighted by Gasteiger charge is -2.34. The van der Waals surface area contributed by atoms with Crippen LogP contribution in [-0.2, 0) is 10.2 Å². The van der Waals surface area contributed by atoms with Crippen LogP contribution in [0.1, 0.15) is 50.5 Å². The summed E-state index contributed by atoms with van der Waals surface area (Å²) < 4.78 is 0.784. The molecule has 2 aromatic rings. The van der Waals surface area contributed by atoms with Crippen molar-refractivity contribution in [2.24, 2.45) is 0 Å². The van der Waals surface area contributed by atoms with E-state index in [-0.39, 0.29) is 23.3 Å². The molecule has 9 heteroatoms. The third-order valence-electron chi connectivity index (χ3n) is 5.01. The molecule has 2 amide bonds. The summed E-state index contributed by atoms with van der Waals surface area (Å²) in [6.45, 7) is 13.1. The number of hydrogen-bond donors (Lipinski definition) is 1. The second kappa shape index (κ2) is 9.99. The van der Waals surface area contributed by atoms with Gasteiger partial charge in [-0.1, -0.05) is 56.0 Å². The Morgan fingerprint density at radius 1 is 1.10 bits per heavy atom. The summed E-state index contributed by atoms with van der Waals surface area (Å²) in [7, 11) is 0. The summed E-state index contributed by atoms with van der Waals surface area (Å²) >= 11 is 2.90. The maximum Gasteiger partial charge on any atom is 0.253 e. The van der Waals surface area contributed by atoms with Crippen molar-refractivity contribution in [2.45, 2.75) is 50.4 Å². The zero-order valence-corrected chi connectivity index (χ0v) is 20.5. The highest BCUT2D eigenvalue weighted by Gasteiger charge is 2.25. The standard InChI is InChI=1S/C22H31N5O2S2/c1-15(2)23-18(28)14-30-21-25-24-20(31-21)27-12-10-26(11-13-27)19(29)16-6-8-17(9-7-16)22(3,4)5/h6-9,15H,10-14H2,1-5H3,(H,23,28). The van der Waals surface area contributed by atoms with Crippen LogP contribution in [0, 0.1) is 0 Å². The fourth-order valence-corrected chi connectivity index (χ4v) is 4.98. The van der Waals surface area contributed by atoms with Gasteiger partial charge in [-0.05, 0) is 37.0 Å². The largest absolute Gasteiger partial charge is 0.353 e. The van der Waals surface area contributed by atoms with E-state index in [4.69, 9.17) is 0 Å². The predicted molar refractivity (Wildman–Crippen MR) is 127 cm³/mol. The fraction of sp³-hybridized carbons (Fsp3) is 0.545. The number of nitrogens with one attached hydrogen (secondary N) is 1. The molecule has 0 radical (unpaired) electrons. The third kappa shape index (κ3) is 6.43. The van der Waals surface area contributed by atoms with Crippen LogP contribution in [0.4, 0.5) is 5.13 Å². The van der Waals surface area contributed by atoms with Gasteiger partial charge in [0, 0.05) is 37.8 Å². The monoisotopic (exact) mass is 461 g/mol. The molecular formula is C22H31N5O2S2. The molecule has 1 aromatic carbocycles. The van der Waals surface area contributed by atoms with Crippen LogP contribution >= 0.6 is 23.1 Å². The van der Waals surface area contributed by atoms with Crippen molar-refractivity contribution in [1.82, 2.24) is 20.4 Å². The number of thioether (sulfide) groups is 1. The lowest BCUT2D eigenvalue weighted by atomic mass is 9.86. The number of hydrogen-bond acceptors (Lipinski definition) is 7. The minimum absolute atomic E-state index is 0.000547. The van der Waals surface area contributed by atoms with Crippen molar-refractivity contribution in [3.8, 4) is 0 Å². The second-order valence-electron chi connectivity index (χ2n) is 8.97. The van der Waals surface area contributed by atoms with Crippen molar-refractivity contribution in [3.63, 3.8) is 0 Å². The maximum absolute atomic E-state index is 12.9. The highest BCUT2D eigenvalue weighted by molar-refractivity contribution is 8.01. The van der Waals surface area contributed by atoms with E-state index in [1.807, 2.05) is 43.0 Å². The van der Waals surface area contributed by atoms with Crippen LogP contribution < -0.4 is 10.2 Å². The van der Waals surface area contributed by atoms with Gasteiger partial charge in [0.05, 0.1) is 5.75 Å². The normalized spacial score (nSPS) is 14.8. The zero-order chi connectivity index (χ0) is 22.6. The molecule has 31 heavy (non-hydrogen) atoms. The van der Waals surface area contributed by atoms with Gasteiger partial charge in [0.15, 0.2) is 4.34 Å². The van der Waals surface area contributed by atoms with Gasteiger partial charge >= 0.3 is 0 Å². The first-order chi connectivity index (χ1) is 14.6. The van der Waals surface area contributed by atoms with E-state index in [1.165, 1.54) is 28.7 Å². The minimum Gasteiger partial charge on any atom is -0.353 e. The molecule has 2 heterocycles. The van der Waals surface area contributed by atoms with Crippen molar-refractivity contribution in [2.75, 3.05) is 36.8 Å². The third-order valence-corrected chi connectivity index (χ3v) is 7.12. The summed E-state index contributed by atoms with van der Waals surface area (Å²) in [5.41, 5.74) is 2.03. The topological polar surface area (TPSA) is 78.4 Å². The number of piperazine rings is 1. The Kier molecular flexibility index (Phi) is 7.59. The highest BCUT2D eigenvalue weighted by Crippen LogP contribution is 2.29. The molecule has 0 aliphatic carbocycles. The molecule has 0 unspecified atom stereocenters. The molecule has 1 aromatic heterocycles. The number of nitrogens with zero attached hydrogens (tertiary/aromatic N) is 4. The Bertz CT molecular complexity index is 897. The van der Waals surface area contributed by atoms with Crippen LogP contribution in [0.3, 0.4) is 0 Å². The molecule has 1 aliphatic rings. The first kappa shape index (κ1) is 23.5. The summed E-state index contributed by atoms with van der Waals surface area (Å²) in [5.74, 6) is 0.410. The molecule has 0 atom stereocenters. The molecule has 168 valence electrons. The maximum atomic E-state index is 12.9. The van der Waals surface area contributed by atoms with E-state index in [2.05, 4.69) is 41.2 Å². The molecule has 0 spiro atoms. The Morgan fingerprint density at radius 3 is 2.32 bits per heavy atom. The molecular weight excluding hydrogens is 430 g/mol. The van der Waals surface area contributed by atoms with Crippen molar-refractivity contribution < 1.29 is 9.59 Å². The number of aromatic nitrogens is 2. The van der Waals surface area contributed by atoms with E-state index in [1.54, 1.807) is 0 Å². The fourth-order valence-electron chi connectivity index (χ4n) is 3.28. The lowest BCUT2D eigenvalue weighted by molar-refractivity contribution is -0.119. The SMILES string of the molecule is CC(C)NC(=O)CSc1nnc(N2CCN(C(=O)c3ccc(C(C)(C)C)cc3)CC2)s1. The molecule has 1 N–H and O–H groups in total. The Labute approximate surface area is 192 Å². The van der Waals surface area contributed by atoms with Crippen LogP contribution in [0.5, 0.6) is 0 Å². The highest BCUT2D eigenvalue weighted by atomic mass is 32.2. The van der Waals surface area contributed by atoms with Crippen LogP contribution in [0.15, 0.2) is 28.6 Å². The van der Waals surface area contributed by atoms with Gasteiger partial charge in [0.25, 0.3) is 5.91 Å². The van der Waals surface area contributed by atoms with Crippen LogP contribution in [-0.4, -0.2) is 64.9 Å². The van der Waals surface area contributed by atoms with E-state index < -0.39 is 0 Å². The number of anilines is 1. The van der Waals surface area contributed by atoms with Gasteiger partial charge in [-0.15, -0.1) is 10.2 Å². The van der Waals surface area contributed by atoms with Gasteiger partial charge in [0.2, 0.25) is 11.0 Å². The molecule has 0 bridgehead atoms. The van der Waals surface area contributed by atoms with Crippen LogP contribution in [0.2, 0.25) is 0 Å². The second-order valence-corrected chi connectivity index (χ2v) is 11.1. The van der Waals surface area contributed by atoms with Gasteiger partial charge < -0.3 is 15.1 Å². The molecule has 3 rings (SSSR count). The number of carbonyl (C=O) groups is 2. The van der Waals surface area contributed by atoms with Gasteiger partial charge in [0.1, 0.15) is 0 Å². The quantitative estimate of drug-likeness (QED) is 0.664. The smallest absolute Gasteiger partial charge is 0.253 e. The van der Waals surface area contributed by atoms with Crippen molar-refractivity contribution in [1.29, 1.82) is 0 Å². The molecule has 0 saturated carbocycles. The average Bonchev–Trinajstić information content (AvgIpc) is 3.20. The molecule has 7 nitrogen and oxygen atoms in total. The first-order valence-electron chi connectivity index (χ1n) is 10.5. The van der Waals surface area contributed by atoms with E-state index in [0.29, 0.717) is 18.8 Å². The summed E-state index contributed by atoms with van der Waals surface area (Å²) in [6, 6.07) is 8.09. The first-order valence-corrected chi connectivity index (χ1v) is 12.3. The van der Waals surface area contributed by atoms with E-state index >= 15 is 0 Å². The van der Waals surface area contributed by atoms with Gasteiger partial charge in [-0.25, -0.2) is 0 Å². The van der Waals surface area contributed by atoms with E-state index in [9.17, 15) is 9.59 Å². The van der Waals surface area contributed by atoms with Crippen molar-refractivity contribution in [3.05, 3.63) is 35.4 Å². The van der Waals surface area contributed by atoms with E-state index in [0.717, 1.165) is 28.1 Å². The van der Waals surface area contributed by atoms with Gasteiger partial charge in [-0.2, -0.15) is 0 Å². The average molecular weight is 462 g/mol. The summed E-state index contributed by atoms with van der Waals surface area (Å²) in [6.07, 6.45) is 0. The number of benzene rings is 1. The van der Waals surface area contributed by atoms with Gasteiger partial charge in [-0.3, -0.25) is 9.59 Å². The Balaban J connectivity index is 1.51. The Morgan fingerprint density at radius 2 is 1.74 bits per heavy atom. The summed E-state index contributed by atoms with van der Waals surface area (Å²) in [4.78, 5) is 28.7.